The fourth-order valence-electron chi connectivity index (χ4n) is 2.89. The standard InChI is InChI=1S/C15H36BN3/c1-12(8-13(2,3)18)9-19-14(4,5)10-15(6,11-17)16-7/h12,16,19H,8-11,17-18H2,1-7H3. The Morgan fingerprint density at radius 3 is 2.05 bits per heavy atom. The van der Waals surface area contributed by atoms with Crippen LogP contribution in [0, 0.1) is 5.92 Å². The molecular weight excluding hydrogens is 233 g/mol. The molecular formula is C15H36BN3. The van der Waals surface area contributed by atoms with E-state index in [2.05, 4.69) is 53.7 Å². The van der Waals surface area contributed by atoms with Gasteiger partial charge in [-0.3, -0.25) is 0 Å². The van der Waals surface area contributed by atoms with Gasteiger partial charge in [0.15, 0.2) is 0 Å². The van der Waals surface area contributed by atoms with Crippen molar-refractivity contribution in [1.29, 1.82) is 0 Å². The zero-order valence-corrected chi connectivity index (χ0v) is 14.3. The molecule has 2 unspecified atom stereocenters. The summed E-state index contributed by atoms with van der Waals surface area (Å²) in [5.74, 6) is 0.588. The van der Waals surface area contributed by atoms with Crippen LogP contribution in [0.3, 0.4) is 0 Å². The first-order chi connectivity index (χ1) is 8.43. The molecule has 0 fully saturated rings. The van der Waals surface area contributed by atoms with E-state index in [1.807, 2.05) is 0 Å². The Bertz CT molecular complexity index is 255. The number of rotatable bonds is 9. The van der Waals surface area contributed by atoms with Gasteiger partial charge < -0.3 is 16.8 Å². The average Bonchev–Trinajstić information content (AvgIpc) is 2.24. The molecule has 0 amide bonds. The molecule has 5 N–H and O–H groups in total. The van der Waals surface area contributed by atoms with Crippen LogP contribution >= 0.6 is 0 Å². The first-order valence-electron chi connectivity index (χ1n) is 7.67. The van der Waals surface area contributed by atoms with Gasteiger partial charge in [-0.1, -0.05) is 20.7 Å². The molecule has 0 saturated heterocycles. The molecule has 2 atom stereocenters. The highest BCUT2D eigenvalue weighted by molar-refractivity contribution is 6.38. The predicted molar refractivity (Wildman–Crippen MR) is 89.2 cm³/mol. The molecule has 0 rings (SSSR count). The predicted octanol–water partition coefficient (Wildman–Crippen LogP) is 2.13. The van der Waals surface area contributed by atoms with E-state index in [-0.39, 0.29) is 16.4 Å². The second-order valence-electron chi connectivity index (χ2n) is 8.11. The molecule has 0 aromatic carbocycles. The van der Waals surface area contributed by atoms with Gasteiger partial charge in [0.05, 0.1) is 0 Å². The Labute approximate surface area is 121 Å². The second-order valence-corrected chi connectivity index (χ2v) is 8.11. The molecule has 0 aromatic rings. The van der Waals surface area contributed by atoms with Gasteiger partial charge in [-0.25, -0.2) is 0 Å². The van der Waals surface area contributed by atoms with Crippen LogP contribution in [0.1, 0.15) is 54.4 Å². The topological polar surface area (TPSA) is 64.1 Å². The van der Waals surface area contributed by atoms with Crippen LogP contribution in [0.4, 0.5) is 0 Å². The van der Waals surface area contributed by atoms with E-state index in [0.717, 1.165) is 33.2 Å². The fourth-order valence-corrected chi connectivity index (χ4v) is 2.89. The largest absolute Gasteiger partial charge is 0.331 e. The Kier molecular flexibility index (Phi) is 7.08. The minimum atomic E-state index is -0.0829. The summed E-state index contributed by atoms with van der Waals surface area (Å²) in [6.45, 7) is 17.3. The molecule has 19 heavy (non-hydrogen) atoms. The van der Waals surface area contributed by atoms with E-state index < -0.39 is 0 Å². The molecule has 0 aliphatic heterocycles. The number of nitrogens with one attached hydrogen (secondary N) is 1. The van der Waals surface area contributed by atoms with Crippen LogP contribution in [0.2, 0.25) is 12.1 Å². The lowest BCUT2D eigenvalue weighted by molar-refractivity contribution is 0.280. The molecule has 0 spiro atoms. The van der Waals surface area contributed by atoms with Crippen molar-refractivity contribution in [3.05, 3.63) is 0 Å². The lowest BCUT2D eigenvalue weighted by Gasteiger charge is -2.38. The Morgan fingerprint density at radius 2 is 1.68 bits per heavy atom. The van der Waals surface area contributed by atoms with E-state index in [4.69, 9.17) is 11.5 Å². The molecule has 4 heteroatoms. The van der Waals surface area contributed by atoms with Gasteiger partial charge in [0.2, 0.25) is 0 Å². The summed E-state index contributed by atoms with van der Waals surface area (Å²) < 4.78 is 0. The maximum absolute atomic E-state index is 6.08. The number of nitrogens with two attached hydrogens (primary N) is 2. The van der Waals surface area contributed by atoms with E-state index >= 15 is 0 Å². The monoisotopic (exact) mass is 269 g/mol. The second kappa shape index (κ2) is 7.10. The molecule has 0 aromatic heterocycles. The summed E-state index contributed by atoms with van der Waals surface area (Å²) in [7, 11) is 1.12. The average molecular weight is 269 g/mol. The molecule has 0 aliphatic carbocycles. The molecule has 0 saturated carbocycles. The van der Waals surface area contributed by atoms with Crippen LogP contribution < -0.4 is 16.8 Å². The van der Waals surface area contributed by atoms with Gasteiger partial charge in [0.25, 0.3) is 0 Å². The molecule has 0 aliphatic rings. The Balaban J connectivity index is 4.30. The Hall–Kier alpha value is -0.0551. The van der Waals surface area contributed by atoms with Gasteiger partial charge in [-0.05, 0) is 64.9 Å². The number of hydrogen-bond donors (Lipinski definition) is 3. The van der Waals surface area contributed by atoms with Gasteiger partial charge in [0.1, 0.15) is 7.28 Å². The SMILES string of the molecule is CBC(C)(CN)CC(C)(C)NCC(C)CC(C)(C)N. The van der Waals surface area contributed by atoms with E-state index in [1.165, 1.54) is 0 Å². The van der Waals surface area contributed by atoms with Crippen molar-refractivity contribution in [2.24, 2.45) is 17.4 Å². The minimum Gasteiger partial charge on any atom is -0.331 e. The lowest BCUT2D eigenvalue weighted by Crippen LogP contribution is -2.47. The van der Waals surface area contributed by atoms with Gasteiger partial charge in [-0.2, -0.15) is 0 Å². The molecule has 114 valence electrons. The molecule has 0 radical (unpaired) electrons. The maximum Gasteiger partial charge on any atom is 0.126 e. The smallest absolute Gasteiger partial charge is 0.126 e. The van der Waals surface area contributed by atoms with Gasteiger partial charge >= 0.3 is 0 Å². The minimum absolute atomic E-state index is 0.0829. The van der Waals surface area contributed by atoms with Crippen LogP contribution in [0.15, 0.2) is 0 Å². The van der Waals surface area contributed by atoms with Crippen molar-refractivity contribution in [3.8, 4) is 0 Å². The third-order valence-electron chi connectivity index (χ3n) is 4.02. The summed E-state index contributed by atoms with van der Waals surface area (Å²) in [6, 6.07) is 0. The third kappa shape index (κ3) is 8.67. The zero-order valence-electron chi connectivity index (χ0n) is 14.3. The van der Waals surface area contributed by atoms with Gasteiger partial charge in [-0.15, -0.1) is 0 Å². The van der Waals surface area contributed by atoms with Crippen LogP contribution in [0.5, 0.6) is 0 Å². The van der Waals surface area contributed by atoms with E-state index in [9.17, 15) is 0 Å². The van der Waals surface area contributed by atoms with Crippen molar-refractivity contribution in [2.75, 3.05) is 13.1 Å². The Morgan fingerprint density at radius 1 is 1.16 bits per heavy atom. The fraction of sp³-hybridized carbons (Fsp3) is 1.00. The summed E-state index contributed by atoms with van der Waals surface area (Å²) in [5, 5.41) is 3.92. The highest BCUT2D eigenvalue weighted by Crippen LogP contribution is 2.33. The van der Waals surface area contributed by atoms with Crippen molar-refractivity contribution in [3.63, 3.8) is 0 Å². The summed E-state index contributed by atoms with van der Waals surface area (Å²) >= 11 is 0. The van der Waals surface area contributed by atoms with E-state index in [0.29, 0.717) is 5.92 Å². The number of hydrogen-bond acceptors (Lipinski definition) is 3. The highest BCUT2D eigenvalue weighted by atomic mass is 15.0. The summed E-state index contributed by atoms with van der Waals surface area (Å²) in [4.78, 5) is 0. The lowest BCUT2D eigenvalue weighted by atomic mass is 9.51. The van der Waals surface area contributed by atoms with Gasteiger partial charge in [0, 0.05) is 11.1 Å². The highest BCUT2D eigenvalue weighted by Gasteiger charge is 2.30. The van der Waals surface area contributed by atoms with Crippen molar-refractivity contribution in [1.82, 2.24) is 5.32 Å². The van der Waals surface area contributed by atoms with Crippen LogP contribution in [-0.2, 0) is 0 Å². The quantitative estimate of drug-likeness (QED) is 0.562. The first kappa shape index (κ1) is 18.9. The van der Waals surface area contributed by atoms with Crippen molar-refractivity contribution >= 4 is 7.28 Å². The van der Waals surface area contributed by atoms with E-state index in [1.54, 1.807) is 0 Å². The van der Waals surface area contributed by atoms with Crippen LogP contribution in [0.25, 0.3) is 0 Å². The maximum atomic E-state index is 6.08. The first-order valence-corrected chi connectivity index (χ1v) is 7.67. The summed E-state index contributed by atoms with van der Waals surface area (Å²) in [5.41, 5.74) is 12.0. The molecule has 0 bridgehead atoms. The van der Waals surface area contributed by atoms with Crippen LogP contribution in [-0.4, -0.2) is 31.4 Å². The zero-order chi connectivity index (χ0) is 15.3. The summed E-state index contributed by atoms with van der Waals surface area (Å²) in [6.07, 6.45) is 2.14. The van der Waals surface area contributed by atoms with Crippen molar-refractivity contribution < 1.29 is 0 Å². The molecule has 0 heterocycles. The molecule has 3 nitrogen and oxygen atoms in total. The van der Waals surface area contributed by atoms with Crippen molar-refractivity contribution in [2.45, 2.75) is 77.6 Å². The normalized spacial score (nSPS) is 17.9. The third-order valence-corrected chi connectivity index (χ3v) is 4.02.